The largest absolute Gasteiger partial charge is 0.339 e. The molecular formula is C11H19N3O. The average Bonchev–Trinajstić information content (AvgIpc) is 2.26. The molecule has 0 spiro atoms. The van der Waals surface area contributed by atoms with Gasteiger partial charge in [-0.3, -0.25) is 10.1 Å². The summed E-state index contributed by atoms with van der Waals surface area (Å²) in [6.07, 6.45) is 5.21. The highest BCUT2D eigenvalue weighted by molar-refractivity contribution is 5.78. The molecule has 0 saturated carbocycles. The number of amides is 1. The van der Waals surface area contributed by atoms with Crippen LogP contribution >= 0.6 is 0 Å². The van der Waals surface area contributed by atoms with E-state index < -0.39 is 0 Å². The van der Waals surface area contributed by atoms with Crippen molar-refractivity contribution in [2.24, 2.45) is 0 Å². The van der Waals surface area contributed by atoms with Crippen molar-refractivity contribution in [2.75, 3.05) is 39.8 Å². The van der Waals surface area contributed by atoms with Gasteiger partial charge in [-0.15, -0.1) is 6.42 Å². The van der Waals surface area contributed by atoms with Gasteiger partial charge in [0.15, 0.2) is 0 Å². The van der Waals surface area contributed by atoms with E-state index in [1.165, 1.54) is 0 Å². The zero-order valence-corrected chi connectivity index (χ0v) is 9.49. The Labute approximate surface area is 91.6 Å². The molecule has 1 aliphatic heterocycles. The number of carbonyl (C=O) groups excluding carboxylic acids is 1. The van der Waals surface area contributed by atoms with Crippen LogP contribution in [0.15, 0.2) is 0 Å². The average molecular weight is 209 g/mol. The van der Waals surface area contributed by atoms with E-state index in [4.69, 9.17) is 6.42 Å². The number of nitrogens with one attached hydrogen (secondary N) is 1. The highest BCUT2D eigenvalue weighted by Crippen LogP contribution is 1.98. The van der Waals surface area contributed by atoms with Crippen LogP contribution in [0.25, 0.3) is 0 Å². The first-order chi connectivity index (χ1) is 7.13. The van der Waals surface area contributed by atoms with Crippen LogP contribution in [0.1, 0.15) is 6.92 Å². The van der Waals surface area contributed by atoms with Gasteiger partial charge in [-0.25, -0.2) is 0 Å². The van der Waals surface area contributed by atoms with Gasteiger partial charge in [0.1, 0.15) is 0 Å². The molecule has 0 bridgehead atoms. The van der Waals surface area contributed by atoms with Crippen LogP contribution in [0.5, 0.6) is 0 Å². The maximum Gasteiger partial charge on any atom is 0.236 e. The topological polar surface area (TPSA) is 35.6 Å². The van der Waals surface area contributed by atoms with Gasteiger partial charge in [0.05, 0.1) is 12.6 Å². The molecule has 0 radical (unpaired) electrons. The molecule has 1 atom stereocenters. The maximum atomic E-state index is 11.7. The molecule has 1 rings (SSSR count). The van der Waals surface area contributed by atoms with Gasteiger partial charge in [0.2, 0.25) is 5.91 Å². The fourth-order valence-corrected chi connectivity index (χ4v) is 1.47. The van der Waals surface area contributed by atoms with Crippen LogP contribution < -0.4 is 5.32 Å². The second-order valence-electron chi connectivity index (χ2n) is 3.95. The zero-order chi connectivity index (χ0) is 11.3. The van der Waals surface area contributed by atoms with Crippen LogP contribution in [0, 0.1) is 12.3 Å². The summed E-state index contributed by atoms with van der Waals surface area (Å²) < 4.78 is 0. The number of piperazine rings is 1. The van der Waals surface area contributed by atoms with E-state index in [2.05, 4.69) is 23.2 Å². The molecule has 1 fully saturated rings. The summed E-state index contributed by atoms with van der Waals surface area (Å²) in [6.45, 7) is 5.77. The number of nitrogens with zero attached hydrogens (tertiary/aromatic N) is 2. The van der Waals surface area contributed by atoms with Crippen molar-refractivity contribution in [3.05, 3.63) is 0 Å². The first kappa shape index (κ1) is 12.0. The zero-order valence-electron chi connectivity index (χ0n) is 9.49. The Bertz CT molecular complexity index is 251. The molecule has 1 aliphatic rings. The number of carbonyl (C=O) groups is 1. The lowest BCUT2D eigenvalue weighted by molar-refractivity contribution is -0.131. The Hall–Kier alpha value is -1.05. The normalized spacial score (nSPS) is 19.7. The fraction of sp³-hybridized carbons (Fsp3) is 0.727. The van der Waals surface area contributed by atoms with Gasteiger partial charge in [0.25, 0.3) is 0 Å². The lowest BCUT2D eigenvalue weighted by atomic mass is 10.3. The molecule has 4 heteroatoms. The minimum atomic E-state index is -0.0404. The first-order valence-electron chi connectivity index (χ1n) is 5.29. The summed E-state index contributed by atoms with van der Waals surface area (Å²) in [7, 11) is 2.07. The van der Waals surface area contributed by atoms with Crippen molar-refractivity contribution >= 4 is 5.91 Å². The summed E-state index contributed by atoms with van der Waals surface area (Å²) in [6, 6.07) is -0.0404. The third kappa shape index (κ3) is 3.90. The number of hydrogen-bond acceptors (Lipinski definition) is 3. The second kappa shape index (κ2) is 5.74. The molecule has 0 aliphatic carbocycles. The quantitative estimate of drug-likeness (QED) is 0.629. The van der Waals surface area contributed by atoms with E-state index in [0.29, 0.717) is 6.54 Å². The van der Waals surface area contributed by atoms with E-state index in [0.717, 1.165) is 26.2 Å². The molecule has 0 aromatic carbocycles. The number of hydrogen-bond donors (Lipinski definition) is 1. The minimum absolute atomic E-state index is 0.0404. The second-order valence-corrected chi connectivity index (χ2v) is 3.95. The van der Waals surface area contributed by atoms with E-state index in [1.54, 1.807) is 0 Å². The number of likely N-dealkylation sites (N-methyl/N-ethyl adjacent to an activating group) is 1. The number of terminal acetylenes is 1. The molecule has 84 valence electrons. The SMILES string of the molecule is C#CC(C)NCC(=O)N1CCN(C)CC1. The molecule has 1 N–H and O–H groups in total. The summed E-state index contributed by atoms with van der Waals surface area (Å²) in [5, 5.41) is 3.00. The minimum Gasteiger partial charge on any atom is -0.339 e. The van der Waals surface area contributed by atoms with Gasteiger partial charge in [-0.2, -0.15) is 0 Å². The van der Waals surface area contributed by atoms with E-state index in [1.807, 2.05) is 11.8 Å². The Balaban J connectivity index is 2.26. The van der Waals surface area contributed by atoms with E-state index in [9.17, 15) is 4.79 Å². The molecule has 1 heterocycles. The highest BCUT2D eigenvalue weighted by atomic mass is 16.2. The van der Waals surface area contributed by atoms with Crippen LogP contribution in [0.4, 0.5) is 0 Å². The lowest BCUT2D eigenvalue weighted by Gasteiger charge is -2.32. The smallest absolute Gasteiger partial charge is 0.236 e. The van der Waals surface area contributed by atoms with Gasteiger partial charge in [-0.05, 0) is 14.0 Å². The van der Waals surface area contributed by atoms with Crippen molar-refractivity contribution in [3.8, 4) is 12.3 Å². The highest BCUT2D eigenvalue weighted by Gasteiger charge is 2.18. The summed E-state index contributed by atoms with van der Waals surface area (Å²) >= 11 is 0. The molecule has 1 saturated heterocycles. The molecule has 0 aromatic heterocycles. The van der Waals surface area contributed by atoms with Crippen molar-refractivity contribution in [1.82, 2.24) is 15.1 Å². The van der Waals surface area contributed by atoms with Crippen LogP contribution in [-0.2, 0) is 4.79 Å². The molecule has 1 unspecified atom stereocenters. The van der Waals surface area contributed by atoms with Crippen molar-refractivity contribution in [3.63, 3.8) is 0 Å². The standard InChI is InChI=1S/C11H19N3O/c1-4-10(2)12-9-11(15)14-7-5-13(3)6-8-14/h1,10,12H,5-9H2,2-3H3. The molecule has 15 heavy (non-hydrogen) atoms. The van der Waals surface area contributed by atoms with Gasteiger partial charge in [0, 0.05) is 26.2 Å². The van der Waals surface area contributed by atoms with Crippen molar-refractivity contribution in [2.45, 2.75) is 13.0 Å². The van der Waals surface area contributed by atoms with Crippen molar-refractivity contribution < 1.29 is 4.79 Å². The third-order valence-electron chi connectivity index (χ3n) is 2.67. The number of rotatable bonds is 3. The third-order valence-corrected chi connectivity index (χ3v) is 2.67. The van der Waals surface area contributed by atoms with E-state index >= 15 is 0 Å². The monoisotopic (exact) mass is 209 g/mol. The molecule has 0 aromatic rings. The Morgan fingerprint density at radius 1 is 1.47 bits per heavy atom. The Morgan fingerprint density at radius 2 is 2.07 bits per heavy atom. The summed E-state index contributed by atoms with van der Waals surface area (Å²) in [4.78, 5) is 15.8. The van der Waals surface area contributed by atoms with Crippen molar-refractivity contribution in [1.29, 1.82) is 0 Å². The molecule has 4 nitrogen and oxygen atoms in total. The fourth-order valence-electron chi connectivity index (χ4n) is 1.47. The summed E-state index contributed by atoms with van der Waals surface area (Å²) in [5.41, 5.74) is 0. The Kier molecular flexibility index (Phi) is 4.60. The predicted octanol–water partition coefficient (Wildman–Crippen LogP) is -0.628. The lowest BCUT2D eigenvalue weighted by Crippen LogP contribution is -2.50. The predicted molar refractivity (Wildman–Crippen MR) is 60.4 cm³/mol. The molecular weight excluding hydrogens is 190 g/mol. The van der Waals surface area contributed by atoms with Crippen LogP contribution in [-0.4, -0.2) is 61.5 Å². The van der Waals surface area contributed by atoms with E-state index in [-0.39, 0.29) is 11.9 Å². The van der Waals surface area contributed by atoms with Crippen LogP contribution in [0.3, 0.4) is 0 Å². The maximum absolute atomic E-state index is 11.7. The molecule has 1 amide bonds. The first-order valence-corrected chi connectivity index (χ1v) is 5.29. The summed E-state index contributed by atoms with van der Waals surface area (Å²) in [5.74, 6) is 2.68. The van der Waals surface area contributed by atoms with Gasteiger partial charge in [-0.1, -0.05) is 5.92 Å². The van der Waals surface area contributed by atoms with Gasteiger partial charge >= 0.3 is 0 Å². The van der Waals surface area contributed by atoms with Gasteiger partial charge < -0.3 is 9.80 Å². The van der Waals surface area contributed by atoms with Crippen LogP contribution in [0.2, 0.25) is 0 Å². The Morgan fingerprint density at radius 3 is 2.60 bits per heavy atom.